The minimum absolute atomic E-state index is 0.00468. The molecule has 3 rings (SSSR count). The Hall–Kier alpha value is -1.62. The third-order valence-electron chi connectivity index (χ3n) is 4.75. The SMILES string of the molecule is Cc1cc([N+](=O)[O-])ccc1N1CCOC2(CCCCC2)C1. The van der Waals surface area contributed by atoms with Gasteiger partial charge in [0.25, 0.3) is 5.69 Å². The first-order chi connectivity index (χ1) is 10.1. The van der Waals surface area contributed by atoms with Crippen molar-refractivity contribution >= 4 is 11.4 Å². The fraction of sp³-hybridized carbons (Fsp3) is 0.625. The van der Waals surface area contributed by atoms with Crippen LogP contribution in [0.3, 0.4) is 0 Å². The molecule has 0 amide bonds. The number of anilines is 1. The van der Waals surface area contributed by atoms with E-state index >= 15 is 0 Å². The van der Waals surface area contributed by atoms with Crippen LogP contribution in [0.1, 0.15) is 37.7 Å². The highest BCUT2D eigenvalue weighted by Gasteiger charge is 2.38. The smallest absolute Gasteiger partial charge is 0.269 e. The van der Waals surface area contributed by atoms with E-state index in [0.29, 0.717) is 0 Å². The van der Waals surface area contributed by atoms with Crippen LogP contribution in [0.25, 0.3) is 0 Å². The second-order valence-corrected chi connectivity index (χ2v) is 6.24. The Balaban J connectivity index is 1.81. The van der Waals surface area contributed by atoms with E-state index in [9.17, 15) is 10.1 Å². The highest BCUT2D eigenvalue weighted by atomic mass is 16.6. The van der Waals surface area contributed by atoms with E-state index < -0.39 is 0 Å². The second-order valence-electron chi connectivity index (χ2n) is 6.24. The number of benzene rings is 1. The number of hydrogen-bond donors (Lipinski definition) is 0. The summed E-state index contributed by atoms with van der Waals surface area (Å²) < 4.78 is 6.11. The predicted octanol–water partition coefficient (Wildman–Crippen LogP) is 3.44. The number of nitro benzene ring substituents is 1. The highest BCUT2D eigenvalue weighted by Crippen LogP contribution is 2.36. The summed E-state index contributed by atoms with van der Waals surface area (Å²) in [5.41, 5.74) is 2.24. The monoisotopic (exact) mass is 290 g/mol. The lowest BCUT2D eigenvalue weighted by molar-refractivity contribution is -0.384. The van der Waals surface area contributed by atoms with E-state index in [4.69, 9.17) is 4.74 Å². The Bertz CT molecular complexity index is 533. The Kier molecular flexibility index (Phi) is 3.85. The van der Waals surface area contributed by atoms with Crippen molar-refractivity contribution in [2.45, 2.75) is 44.6 Å². The Morgan fingerprint density at radius 3 is 2.71 bits per heavy atom. The largest absolute Gasteiger partial charge is 0.371 e. The normalized spacial score (nSPS) is 21.5. The molecule has 5 nitrogen and oxygen atoms in total. The van der Waals surface area contributed by atoms with Gasteiger partial charge in [0.2, 0.25) is 0 Å². The minimum atomic E-state index is -0.335. The minimum Gasteiger partial charge on any atom is -0.371 e. The first-order valence-electron chi connectivity index (χ1n) is 7.74. The molecule has 1 aliphatic carbocycles. The number of non-ortho nitro benzene ring substituents is 1. The number of rotatable bonds is 2. The molecule has 0 atom stereocenters. The van der Waals surface area contributed by atoms with Gasteiger partial charge in [-0.05, 0) is 31.4 Å². The van der Waals surface area contributed by atoms with Gasteiger partial charge in [-0.25, -0.2) is 0 Å². The fourth-order valence-electron chi connectivity index (χ4n) is 3.66. The number of nitro groups is 1. The van der Waals surface area contributed by atoms with Gasteiger partial charge in [-0.15, -0.1) is 0 Å². The van der Waals surface area contributed by atoms with Crippen LogP contribution in [0.4, 0.5) is 11.4 Å². The van der Waals surface area contributed by atoms with Gasteiger partial charge in [-0.2, -0.15) is 0 Å². The molecule has 0 N–H and O–H groups in total. The molecule has 0 aromatic heterocycles. The zero-order valence-corrected chi connectivity index (χ0v) is 12.5. The third kappa shape index (κ3) is 2.88. The molecule has 2 aliphatic rings. The fourth-order valence-corrected chi connectivity index (χ4v) is 3.66. The molecule has 1 spiro atoms. The molecule has 2 fully saturated rings. The summed E-state index contributed by atoms with van der Waals surface area (Å²) in [5, 5.41) is 10.9. The molecule has 5 heteroatoms. The van der Waals surface area contributed by atoms with Gasteiger partial charge >= 0.3 is 0 Å². The van der Waals surface area contributed by atoms with Crippen LogP contribution in [0.15, 0.2) is 18.2 Å². The molecular formula is C16H22N2O3. The van der Waals surface area contributed by atoms with Crippen molar-refractivity contribution in [2.24, 2.45) is 0 Å². The van der Waals surface area contributed by atoms with Crippen LogP contribution in [-0.2, 0) is 4.74 Å². The van der Waals surface area contributed by atoms with Crippen molar-refractivity contribution in [3.8, 4) is 0 Å². The van der Waals surface area contributed by atoms with Gasteiger partial charge in [-0.1, -0.05) is 19.3 Å². The van der Waals surface area contributed by atoms with E-state index in [-0.39, 0.29) is 16.2 Å². The summed E-state index contributed by atoms with van der Waals surface area (Å²) in [6, 6.07) is 5.15. The van der Waals surface area contributed by atoms with Crippen LogP contribution >= 0.6 is 0 Å². The maximum Gasteiger partial charge on any atom is 0.269 e. The van der Waals surface area contributed by atoms with Gasteiger partial charge in [0.05, 0.1) is 17.1 Å². The highest BCUT2D eigenvalue weighted by molar-refractivity contribution is 5.57. The molecule has 1 aromatic carbocycles. The van der Waals surface area contributed by atoms with Crippen molar-refractivity contribution in [3.63, 3.8) is 0 Å². The van der Waals surface area contributed by atoms with Crippen molar-refractivity contribution in [1.29, 1.82) is 0 Å². The summed E-state index contributed by atoms with van der Waals surface area (Å²) in [5.74, 6) is 0. The van der Waals surface area contributed by atoms with E-state index in [1.54, 1.807) is 12.1 Å². The van der Waals surface area contributed by atoms with Crippen LogP contribution < -0.4 is 4.90 Å². The summed E-state index contributed by atoms with van der Waals surface area (Å²) in [7, 11) is 0. The van der Waals surface area contributed by atoms with Crippen molar-refractivity contribution < 1.29 is 9.66 Å². The van der Waals surface area contributed by atoms with Gasteiger partial charge in [0.15, 0.2) is 0 Å². The zero-order valence-electron chi connectivity index (χ0n) is 12.5. The third-order valence-corrected chi connectivity index (χ3v) is 4.75. The molecular weight excluding hydrogens is 268 g/mol. The van der Waals surface area contributed by atoms with Gasteiger partial charge < -0.3 is 9.64 Å². The molecule has 21 heavy (non-hydrogen) atoms. The summed E-state index contributed by atoms with van der Waals surface area (Å²) in [6.45, 7) is 4.47. The molecule has 0 unspecified atom stereocenters. The summed E-state index contributed by atoms with van der Waals surface area (Å²) in [6.07, 6.45) is 6.06. The van der Waals surface area contributed by atoms with Gasteiger partial charge in [0.1, 0.15) is 0 Å². The van der Waals surface area contributed by atoms with E-state index in [2.05, 4.69) is 4.90 Å². The predicted molar refractivity (Wildman–Crippen MR) is 81.8 cm³/mol. The first-order valence-corrected chi connectivity index (χ1v) is 7.74. The lowest BCUT2D eigenvalue weighted by Crippen LogP contribution is -2.53. The zero-order chi connectivity index (χ0) is 14.9. The number of ether oxygens (including phenoxy) is 1. The average Bonchev–Trinajstić information content (AvgIpc) is 2.48. The Morgan fingerprint density at radius 2 is 2.05 bits per heavy atom. The van der Waals surface area contributed by atoms with Crippen LogP contribution in [0.5, 0.6) is 0 Å². The average molecular weight is 290 g/mol. The Morgan fingerprint density at radius 1 is 1.29 bits per heavy atom. The lowest BCUT2D eigenvalue weighted by atomic mass is 9.83. The maximum atomic E-state index is 10.9. The number of nitrogens with zero attached hydrogens (tertiary/aromatic N) is 2. The molecule has 1 aliphatic heterocycles. The van der Waals surface area contributed by atoms with Crippen LogP contribution in [0.2, 0.25) is 0 Å². The van der Waals surface area contributed by atoms with Crippen molar-refractivity contribution in [2.75, 3.05) is 24.6 Å². The lowest BCUT2D eigenvalue weighted by Gasteiger charge is -2.46. The first kappa shape index (κ1) is 14.3. The quantitative estimate of drug-likeness (QED) is 0.618. The number of morpholine rings is 1. The van der Waals surface area contributed by atoms with Crippen LogP contribution in [0, 0.1) is 17.0 Å². The molecule has 0 bridgehead atoms. The number of hydrogen-bond acceptors (Lipinski definition) is 4. The van der Waals surface area contributed by atoms with E-state index in [0.717, 1.165) is 43.8 Å². The van der Waals surface area contributed by atoms with Gasteiger partial charge in [0, 0.05) is 30.9 Å². The maximum absolute atomic E-state index is 10.9. The number of aryl methyl sites for hydroxylation is 1. The topological polar surface area (TPSA) is 55.6 Å². The standard InChI is InChI=1S/C16H22N2O3/c1-13-11-14(18(19)20)5-6-15(13)17-9-10-21-16(12-17)7-3-2-4-8-16/h5-6,11H,2-4,7-10,12H2,1H3. The van der Waals surface area contributed by atoms with Crippen molar-refractivity contribution in [1.82, 2.24) is 0 Å². The molecule has 1 saturated carbocycles. The van der Waals surface area contributed by atoms with Crippen LogP contribution in [-0.4, -0.2) is 30.2 Å². The molecule has 1 heterocycles. The van der Waals surface area contributed by atoms with Crippen molar-refractivity contribution in [3.05, 3.63) is 33.9 Å². The summed E-state index contributed by atoms with van der Waals surface area (Å²) in [4.78, 5) is 12.9. The van der Waals surface area contributed by atoms with E-state index in [1.807, 2.05) is 13.0 Å². The molecule has 1 aromatic rings. The summed E-state index contributed by atoms with van der Waals surface area (Å²) >= 11 is 0. The Labute approximate surface area is 125 Å². The van der Waals surface area contributed by atoms with E-state index in [1.165, 1.54) is 19.3 Å². The molecule has 1 saturated heterocycles. The van der Waals surface area contributed by atoms with Gasteiger partial charge in [-0.3, -0.25) is 10.1 Å². The molecule has 114 valence electrons. The second kappa shape index (κ2) is 5.64. The molecule has 0 radical (unpaired) electrons.